The molecular formula is C22H18Br2IN3O2. The van der Waals surface area contributed by atoms with Gasteiger partial charge in [-0.3, -0.25) is 0 Å². The summed E-state index contributed by atoms with van der Waals surface area (Å²) in [5.74, 6) is 0.672. The Hall–Kier alpha value is -1.91. The fourth-order valence-corrected chi connectivity index (χ4v) is 3.52. The lowest BCUT2D eigenvalue weighted by atomic mass is 10.2. The molecule has 0 unspecified atom stereocenters. The van der Waals surface area contributed by atoms with Gasteiger partial charge in [-0.25, -0.2) is 10.2 Å². The number of hydrogen-bond donors (Lipinski definition) is 2. The number of hydrogen-bond acceptors (Lipinski definition) is 3. The van der Waals surface area contributed by atoms with Crippen LogP contribution in [0.1, 0.15) is 16.7 Å². The molecule has 0 aliphatic carbocycles. The first-order valence-corrected chi connectivity index (χ1v) is 11.6. The highest BCUT2D eigenvalue weighted by Gasteiger charge is 2.05. The van der Waals surface area contributed by atoms with Crippen molar-refractivity contribution in [3.05, 3.63) is 89.9 Å². The lowest BCUT2D eigenvalue weighted by Crippen LogP contribution is -2.24. The first kappa shape index (κ1) is 22.8. The van der Waals surface area contributed by atoms with Gasteiger partial charge in [-0.2, -0.15) is 5.10 Å². The maximum absolute atomic E-state index is 12.1. The van der Waals surface area contributed by atoms with Crippen LogP contribution in [0, 0.1) is 10.5 Å². The van der Waals surface area contributed by atoms with Crippen LogP contribution in [0.4, 0.5) is 10.5 Å². The Labute approximate surface area is 205 Å². The Morgan fingerprint density at radius 2 is 1.87 bits per heavy atom. The van der Waals surface area contributed by atoms with E-state index in [-0.39, 0.29) is 0 Å². The van der Waals surface area contributed by atoms with E-state index in [0.717, 1.165) is 25.6 Å². The van der Waals surface area contributed by atoms with Gasteiger partial charge in [0, 0.05) is 23.8 Å². The van der Waals surface area contributed by atoms with Gasteiger partial charge < -0.3 is 10.1 Å². The Morgan fingerprint density at radius 1 is 1.10 bits per heavy atom. The first-order valence-electron chi connectivity index (χ1n) is 8.94. The van der Waals surface area contributed by atoms with Crippen molar-refractivity contribution in [1.82, 2.24) is 5.43 Å². The molecular weight excluding hydrogens is 625 g/mol. The van der Waals surface area contributed by atoms with Gasteiger partial charge in [-0.1, -0.05) is 44.0 Å². The summed E-state index contributed by atoms with van der Waals surface area (Å²) in [5.41, 5.74) is 6.01. The molecule has 0 spiro atoms. The zero-order valence-corrected chi connectivity index (χ0v) is 21.3. The second-order valence-corrected chi connectivity index (χ2v) is 9.40. The van der Waals surface area contributed by atoms with Gasteiger partial charge in [0.05, 0.1) is 6.21 Å². The summed E-state index contributed by atoms with van der Waals surface area (Å²) in [5, 5.41) is 6.80. The van der Waals surface area contributed by atoms with Crippen LogP contribution in [-0.2, 0) is 6.61 Å². The third-order valence-electron chi connectivity index (χ3n) is 4.06. The summed E-state index contributed by atoms with van der Waals surface area (Å²) in [6, 6.07) is 18.9. The molecule has 154 valence electrons. The van der Waals surface area contributed by atoms with E-state index in [0.29, 0.717) is 18.0 Å². The number of amides is 2. The number of carbonyl (C=O) groups is 1. The molecule has 0 heterocycles. The fraction of sp³-hybridized carbons (Fsp3) is 0.0909. The zero-order valence-electron chi connectivity index (χ0n) is 16.0. The third-order valence-corrected chi connectivity index (χ3v) is 6.17. The molecule has 0 aliphatic rings. The van der Waals surface area contributed by atoms with Gasteiger partial charge in [0.1, 0.15) is 12.4 Å². The van der Waals surface area contributed by atoms with Gasteiger partial charge in [-0.05, 0) is 89.2 Å². The van der Waals surface area contributed by atoms with Crippen LogP contribution in [-0.4, -0.2) is 12.2 Å². The van der Waals surface area contributed by atoms with Crippen molar-refractivity contribution in [3.63, 3.8) is 0 Å². The summed E-state index contributed by atoms with van der Waals surface area (Å²) in [6.07, 6.45) is 1.56. The standard InChI is InChI=1S/C22H18Br2IN3O2/c1-14-10-19(7-8-20(14)24)27-22(29)28-26-12-16-11-17(23)4-9-21(16)30-13-15-2-5-18(25)6-3-15/h2-12H,13H2,1H3,(H2,27,28,29)/b26-12+. The van der Waals surface area contributed by atoms with E-state index in [4.69, 9.17) is 4.74 Å². The molecule has 5 nitrogen and oxygen atoms in total. The molecule has 0 fully saturated rings. The molecule has 0 saturated heterocycles. The molecule has 0 aliphatic heterocycles. The van der Waals surface area contributed by atoms with E-state index in [1.54, 1.807) is 6.21 Å². The lowest BCUT2D eigenvalue weighted by Gasteiger charge is -2.10. The number of nitrogens with zero attached hydrogens (tertiary/aromatic N) is 1. The highest BCUT2D eigenvalue weighted by atomic mass is 127. The SMILES string of the molecule is Cc1cc(NC(=O)N/N=C/c2cc(Br)ccc2OCc2ccc(I)cc2)ccc1Br. The van der Waals surface area contributed by atoms with Crippen LogP contribution < -0.4 is 15.5 Å². The topological polar surface area (TPSA) is 62.7 Å². The molecule has 0 aromatic heterocycles. The van der Waals surface area contributed by atoms with Crippen molar-refractivity contribution in [3.8, 4) is 5.75 Å². The van der Waals surface area contributed by atoms with Gasteiger partial charge in [0.2, 0.25) is 0 Å². The van der Waals surface area contributed by atoms with Gasteiger partial charge >= 0.3 is 6.03 Å². The normalized spacial score (nSPS) is 10.8. The second kappa shape index (κ2) is 10.9. The minimum Gasteiger partial charge on any atom is -0.488 e. The van der Waals surface area contributed by atoms with E-state index in [1.807, 2.05) is 67.6 Å². The number of anilines is 1. The van der Waals surface area contributed by atoms with Crippen LogP contribution in [0.3, 0.4) is 0 Å². The first-order chi connectivity index (χ1) is 14.4. The largest absolute Gasteiger partial charge is 0.488 e. The molecule has 2 N–H and O–H groups in total. The quantitative estimate of drug-likeness (QED) is 0.175. The summed E-state index contributed by atoms with van der Waals surface area (Å²) in [7, 11) is 0. The average Bonchev–Trinajstić information content (AvgIpc) is 2.71. The maximum atomic E-state index is 12.1. The number of benzene rings is 3. The maximum Gasteiger partial charge on any atom is 0.339 e. The molecule has 8 heteroatoms. The third kappa shape index (κ3) is 6.82. The Balaban J connectivity index is 1.62. The van der Waals surface area contributed by atoms with Crippen LogP contribution in [0.25, 0.3) is 0 Å². The molecule has 3 aromatic rings. The van der Waals surface area contributed by atoms with E-state index in [9.17, 15) is 4.79 Å². The monoisotopic (exact) mass is 641 g/mol. The van der Waals surface area contributed by atoms with E-state index < -0.39 is 6.03 Å². The van der Waals surface area contributed by atoms with Crippen molar-refractivity contribution in [2.45, 2.75) is 13.5 Å². The zero-order chi connectivity index (χ0) is 21.5. The minimum atomic E-state index is -0.427. The molecule has 0 atom stereocenters. The lowest BCUT2D eigenvalue weighted by molar-refractivity contribution is 0.252. The fourth-order valence-electron chi connectivity index (χ4n) is 2.54. The molecule has 0 radical (unpaired) electrons. The average molecular weight is 643 g/mol. The second-order valence-electron chi connectivity index (χ2n) is 6.39. The number of carbonyl (C=O) groups excluding carboxylic acids is 1. The molecule has 3 rings (SSSR count). The number of nitrogens with one attached hydrogen (secondary N) is 2. The van der Waals surface area contributed by atoms with Crippen LogP contribution in [0.2, 0.25) is 0 Å². The summed E-state index contributed by atoms with van der Waals surface area (Å²) in [6.45, 7) is 2.40. The number of halogens is 3. The minimum absolute atomic E-state index is 0.427. The predicted octanol–water partition coefficient (Wildman–Crippen LogP) is 6.86. The number of hydrazone groups is 1. The molecule has 30 heavy (non-hydrogen) atoms. The molecule has 2 amide bonds. The van der Waals surface area contributed by atoms with E-state index >= 15 is 0 Å². The predicted molar refractivity (Wildman–Crippen MR) is 136 cm³/mol. The number of rotatable bonds is 6. The highest BCUT2D eigenvalue weighted by Crippen LogP contribution is 2.23. The van der Waals surface area contributed by atoms with Crippen molar-refractivity contribution >= 4 is 72.4 Å². The van der Waals surface area contributed by atoms with Crippen LogP contribution in [0.5, 0.6) is 5.75 Å². The molecule has 3 aromatic carbocycles. The van der Waals surface area contributed by atoms with Crippen molar-refractivity contribution in [2.24, 2.45) is 5.10 Å². The van der Waals surface area contributed by atoms with Crippen LogP contribution >= 0.6 is 54.5 Å². The van der Waals surface area contributed by atoms with Crippen molar-refractivity contribution < 1.29 is 9.53 Å². The van der Waals surface area contributed by atoms with Crippen LogP contribution in [0.15, 0.2) is 74.7 Å². The van der Waals surface area contributed by atoms with Crippen molar-refractivity contribution in [2.75, 3.05) is 5.32 Å². The van der Waals surface area contributed by atoms with Gasteiger partial charge in [0.25, 0.3) is 0 Å². The van der Waals surface area contributed by atoms with Gasteiger partial charge in [0.15, 0.2) is 0 Å². The number of aryl methyl sites for hydroxylation is 1. The Kier molecular flexibility index (Phi) is 8.29. The van der Waals surface area contributed by atoms with E-state index in [2.05, 4.69) is 70.3 Å². The van der Waals surface area contributed by atoms with E-state index in [1.165, 1.54) is 3.57 Å². The molecule has 0 saturated carbocycles. The summed E-state index contributed by atoms with van der Waals surface area (Å²) in [4.78, 5) is 12.1. The van der Waals surface area contributed by atoms with Crippen molar-refractivity contribution in [1.29, 1.82) is 0 Å². The Morgan fingerprint density at radius 3 is 2.60 bits per heavy atom. The molecule has 0 bridgehead atoms. The van der Waals surface area contributed by atoms with Gasteiger partial charge in [-0.15, -0.1) is 0 Å². The smallest absolute Gasteiger partial charge is 0.339 e. The summed E-state index contributed by atoms with van der Waals surface area (Å²) < 4.78 is 9.00. The number of urea groups is 1. The number of ether oxygens (including phenoxy) is 1. The summed E-state index contributed by atoms with van der Waals surface area (Å²) >= 11 is 9.17. The Bertz CT molecular complexity index is 1070. The highest BCUT2D eigenvalue weighted by molar-refractivity contribution is 14.1.